The highest BCUT2D eigenvalue weighted by Crippen LogP contribution is 2.09. The van der Waals surface area contributed by atoms with Crippen molar-refractivity contribution in [2.24, 2.45) is 7.05 Å². The number of carbonyl (C=O) groups is 2. The number of imidazole rings is 1. The lowest BCUT2D eigenvalue weighted by Crippen LogP contribution is -2.54. The summed E-state index contributed by atoms with van der Waals surface area (Å²) < 4.78 is 1.74. The Balaban J connectivity index is 1.67. The maximum atomic E-state index is 13.1. The SMILES string of the molecule is Cn1ccnc1CC(NC(=O)c1cnccn1)C(=O)N[C@@H](CCCc1ccccc1)B(O)O. The number of nitrogens with zero attached hydrogens (tertiary/aromatic N) is 4. The predicted molar refractivity (Wildman–Crippen MR) is 122 cm³/mol. The van der Waals surface area contributed by atoms with Gasteiger partial charge in [0.25, 0.3) is 5.91 Å². The smallest absolute Gasteiger partial charge is 0.426 e. The van der Waals surface area contributed by atoms with Crippen LogP contribution in [0, 0.1) is 0 Å². The summed E-state index contributed by atoms with van der Waals surface area (Å²) in [5.41, 5.74) is 1.19. The molecule has 172 valence electrons. The first-order valence-corrected chi connectivity index (χ1v) is 10.7. The molecule has 10 nitrogen and oxygen atoms in total. The maximum Gasteiger partial charge on any atom is 0.475 e. The van der Waals surface area contributed by atoms with Gasteiger partial charge in [-0.25, -0.2) is 9.97 Å². The van der Waals surface area contributed by atoms with E-state index in [0.29, 0.717) is 18.7 Å². The summed E-state index contributed by atoms with van der Waals surface area (Å²) in [5.74, 6) is -1.42. The molecule has 11 heteroatoms. The van der Waals surface area contributed by atoms with Crippen LogP contribution >= 0.6 is 0 Å². The Morgan fingerprint density at radius 2 is 1.88 bits per heavy atom. The fourth-order valence-electron chi connectivity index (χ4n) is 3.38. The predicted octanol–water partition coefficient (Wildman–Crippen LogP) is 0.0709. The van der Waals surface area contributed by atoms with E-state index in [2.05, 4.69) is 25.6 Å². The van der Waals surface area contributed by atoms with Gasteiger partial charge in [-0.2, -0.15) is 0 Å². The molecule has 0 aliphatic heterocycles. The summed E-state index contributed by atoms with van der Waals surface area (Å²) >= 11 is 0. The molecule has 0 bridgehead atoms. The van der Waals surface area contributed by atoms with Crippen LogP contribution in [0.3, 0.4) is 0 Å². The van der Waals surface area contributed by atoms with Crippen LogP contribution in [0.5, 0.6) is 0 Å². The fraction of sp³-hybridized carbons (Fsp3) is 0.318. The molecule has 1 unspecified atom stereocenters. The van der Waals surface area contributed by atoms with Gasteiger partial charge in [-0.15, -0.1) is 0 Å². The zero-order chi connectivity index (χ0) is 23.6. The highest BCUT2D eigenvalue weighted by Gasteiger charge is 2.30. The zero-order valence-electron chi connectivity index (χ0n) is 18.3. The highest BCUT2D eigenvalue weighted by atomic mass is 16.4. The van der Waals surface area contributed by atoms with E-state index in [0.717, 1.165) is 12.0 Å². The van der Waals surface area contributed by atoms with Gasteiger partial charge < -0.3 is 25.2 Å². The lowest BCUT2D eigenvalue weighted by atomic mass is 9.76. The van der Waals surface area contributed by atoms with Gasteiger partial charge in [-0.05, 0) is 24.8 Å². The summed E-state index contributed by atoms with van der Waals surface area (Å²) in [5, 5.41) is 25.0. The first kappa shape index (κ1) is 24.1. The molecule has 2 atom stereocenters. The van der Waals surface area contributed by atoms with Crippen LogP contribution in [-0.4, -0.2) is 60.5 Å². The van der Waals surface area contributed by atoms with Crippen LogP contribution in [0.1, 0.15) is 34.7 Å². The highest BCUT2D eigenvalue weighted by molar-refractivity contribution is 6.43. The van der Waals surface area contributed by atoms with Gasteiger partial charge in [-0.3, -0.25) is 14.6 Å². The van der Waals surface area contributed by atoms with Gasteiger partial charge in [0.05, 0.1) is 12.1 Å². The largest absolute Gasteiger partial charge is 0.475 e. The molecule has 0 aliphatic carbocycles. The minimum atomic E-state index is -1.74. The summed E-state index contributed by atoms with van der Waals surface area (Å²) in [6.45, 7) is 0. The summed E-state index contributed by atoms with van der Waals surface area (Å²) in [4.78, 5) is 37.7. The number of benzene rings is 1. The third kappa shape index (κ3) is 7.23. The van der Waals surface area contributed by atoms with Crippen LogP contribution < -0.4 is 10.6 Å². The Bertz CT molecular complexity index is 1030. The van der Waals surface area contributed by atoms with E-state index in [1.54, 1.807) is 24.0 Å². The average molecular weight is 450 g/mol. The minimum Gasteiger partial charge on any atom is -0.426 e. The van der Waals surface area contributed by atoms with Crippen LogP contribution in [0.25, 0.3) is 0 Å². The second-order valence-electron chi connectivity index (χ2n) is 7.68. The molecule has 0 fully saturated rings. The Hall–Kier alpha value is -3.57. The summed E-state index contributed by atoms with van der Waals surface area (Å²) in [6.07, 6.45) is 9.30. The Labute approximate surface area is 192 Å². The summed E-state index contributed by atoms with van der Waals surface area (Å²) in [7, 11) is 0.0419. The Morgan fingerprint density at radius 1 is 1.09 bits per heavy atom. The molecule has 1 aromatic carbocycles. The third-order valence-electron chi connectivity index (χ3n) is 5.24. The number of aryl methyl sites for hydroxylation is 2. The molecule has 2 amide bonds. The van der Waals surface area contributed by atoms with Crippen LogP contribution in [0.2, 0.25) is 0 Å². The number of nitrogens with one attached hydrogen (secondary N) is 2. The normalized spacial score (nSPS) is 12.6. The molecule has 4 N–H and O–H groups in total. The molecule has 3 rings (SSSR count). The Kier molecular flexibility index (Phi) is 8.67. The van der Waals surface area contributed by atoms with Crippen molar-refractivity contribution in [1.29, 1.82) is 0 Å². The van der Waals surface area contributed by atoms with Crippen molar-refractivity contribution in [1.82, 2.24) is 30.2 Å². The van der Waals surface area contributed by atoms with Crippen LogP contribution in [0.4, 0.5) is 0 Å². The molecule has 0 radical (unpaired) electrons. The monoisotopic (exact) mass is 450 g/mol. The van der Waals surface area contributed by atoms with E-state index in [1.807, 2.05) is 30.3 Å². The molecule has 3 aromatic rings. The van der Waals surface area contributed by atoms with Crippen molar-refractivity contribution in [2.45, 2.75) is 37.7 Å². The molecule has 2 heterocycles. The van der Waals surface area contributed by atoms with E-state index in [9.17, 15) is 19.6 Å². The van der Waals surface area contributed by atoms with Crippen molar-refractivity contribution in [3.63, 3.8) is 0 Å². The molecule has 2 aromatic heterocycles. The van der Waals surface area contributed by atoms with Crippen molar-refractivity contribution < 1.29 is 19.6 Å². The second-order valence-corrected chi connectivity index (χ2v) is 7.68. The molecule has 0 saturated heterocycles. The van der Waals surface area contributed by atoms with E-state index in [4.69, 9.17) is 0 Å². The van der Waals surface area contributed by atoms with E-state index in [-0.39, 0.29) is 12.1 Å². The number of amides is 2. The van der Waals surface area contributed by atoms with Crippen LogP contribution in [-0.2, 0) is 24.7 Å². The lowest BCUT2D eigenvalue weighted by Gasteiger charge is -2.23. The molecule has 33 heavy (non-hydrogen) atoms. The first-order chi connectivity index (χ1) is 15.9. The first-order valence-electron chi connectivity index (χ1n) is 10.7. The van der Waals surface area contributed by atoms with E-state index >= 15 is 0 Å². The van der Waals surface area contributed by atoms with Crippen molar-refractivity contribution >= 4 is 18.9 Å². The van der Waals surface area contributed by atoms with Gasteiger partial charge in [0, 0.05) is 38.3 Å². The lowest BCUT2D eigenvalue weighted by molar-refractivity contribution is -0.123. The Morgan fingerprint density at radius 3 is 2.52 bits per heavy atom. The maximum absolute atomic E-state index is 13.1. The van der Waals surface area contributed by atoms with Gasteiger partial charge in [0.2, 0.25) is 5.91 Å². The van der Waals surface area contributed by atoms with Crippen molar-refractivity contribution in [2.75, 3.05) is 0 Å². The average Bonchev–Trinajstić information content (AvgIpc) is 3.23. The third-order valence-corrected chi connectivity index (χ3v) is 5.24. The minimum absolute atomic E-state index is 0.0664. The van der Waals surface area contributed by atoms with Crippen molar-refractivity contribution in [3.05, 3.63) is 78.4 Å². The molecule has 0 aliphatic rings. The summed E-state index contributed by atoms with van der Waals surface area (Å²) in [6, 6.07) is 8.80. The van der Waals surface area contributed by atoms with Gasteiger partial charge in [-0.1, -0.05) is 30.3 Å². The second kappa shape index (κ2) is 11.9. The number of hydrogen-bond donors (Lipinski definition) is 4. The molecular weight excluding hydrogens is 423 g/mol. The van der Waals surface area contributed by atoms with Gasteiger partial charge in [0.1, 0.15) is 17.6 Å². The quantitative estimate of drug-likeness (QED) is 0.303. The van der Waals surface area contributed by atoms with E-state index in [1.165, 1.54) is 18.6 Å². The number of rotatable bonds is 11. The standard InChI is InChI=1S/C22H27BN6O4/c1-29-13-12-26-20(29)14-17(27-22(31)18-15-24-10-11-25-18)21(30)28-19(23(32)33)9-5-8-16-6-3-2-4-7-16/h2-4,6-7,10-13,15,17,19,32-33H,5,8-9,14H2,1H3,(H,27,31)(H,28,30)/t17?,19-/m0/s1. The van der Waals surface area contributed by atoms with Crippen LogP contribution in [0.15, 0.2) is 61.3 Å². The van der Waals surface area contributed by atoms with Gasteiger partial charge in [0.15, 0.2) is 0 Å². The zero-order valence-corrected chi connectivity index (χ0v) is 18.3. The number of hydrogen-bond acceptors (Lipinski definition) is 7. The van der Waals surface area contributed by atoms with Crippen molar-refractivity contribution in [3.8, 4) is 0 Å². The van der Waals surface area contributed by atoms with Gasteiger partial charge >= 0.3 is 7.12 Å². The molecule has 0 saturated carbocycles. The fourth-order valence-corrected chi connectivity index (χ4v) is 3.38. The molecule has 0 spiro atoms. The number of aromatic nitrogens is 4. The topological polar surface area (TPSA) is 142 Å². The molecular formula is C22H27BN6O4. The number of carbonyl (C=O) groups excluding carboxylic acids is 2. The van der Waals surface area contributed by atoms with E-state index < -0.39 is 30.9 Å².